The Morgan fingerprint density at radius 2 is 2.19 bits per heavy atom. The highest BCUT2D eigenvalue weighted by Crippen LogP contribution is 2.38. The monoisotopic (exact) mass is 366 g/mol. The van der Waals surface area contributed by atoms with Gasteiger partial charge >= 0.3 is 5.76 Å². The van der Waals surface area contributed by atoms with Crippen molar-refractivity contribution in [2.45, 2.75) is 38.0 Å². The lowest BCUT2D eigenvalue weighted by Crippen LogP contribution is -2.22. The molecule has 1 atom stereocenters. The number of hydrogen-bond donors (Lipinski definition) is 2. The third-order valence-electron chi connectivity index (χ3n) is 5.55. The minimum atomic E-state index is -0.398. The third kappa shape index (κ3) is 3.93. The molecule has 0 radical (unpaired) electrons. The molecule has 0 bridgehead atoms. The second-order valence-electron chi connectivity index (χ2n) is 7.25. The molecule has 0 amide bonds. The molecular weight excluding hydrogens is 340 g/mol. The second-order valence-corrected chi connectivity index (χ2v) is 7.25. The van der Waals surface area contributed by atoms with Crippen molar-refractivity contribution in [2.24, 2.45) is 0 Å². The molecule has 0 saturated carbocycles. The van der Waals surface area contributed by atoms with Crippen LogP contribution in [0.5, 0.6) is 5.75 Å². The number of benzene rings is 2. The molecule has 0 aliphatic heterocycles. The Bertz CT molecular complexity index is 973. The van der Waals surface area contributed by atoms with Crippen LogP contribution in [0.25, 0.3) is 11.1 Å². The number of methoxy groups -OCH3 is 1. The van der Waals surface area contributed by atoms with Crippen molar-refractivity contribution in [3.05, 3.63) is 63.6 Å². The minimum Gasteiger partial charge on any atom is -0.496 e. The molecule has 3 aromatic rings. The molecular formula is C22H26N2O3. The van der Waals surface area contributed by atoms with Crippen LogP contribution in [0.4, 0.5) is 0 Å². The maximum Gasteiger partial charge on any atom is 0.417 e. The number of hydrogen-bond acceptors (Lipinski definition) is 4. The number of ether oxygens (including phenoxy) is 1. The first-order chi connectivity index (χ1) is 13.2. The van der Waals surface area contributed by atoms with Gasteiger partial charge in [0, 0.05) is 0 Å². The lowest BCUT2D eigenvalue weighted by Gasteiger charge is -2.27. The van der Waals surface area contributed by atoms with Gasteiger partial charge in [-0.05, 0) is 86.0 Å². The van der Waals surface area contributed by atoms with Crippen LogP contribution in [0, 0.1) is 0 Å². The normalized spacial score (nSPS) is 16.4. The molecule has 0 spiro atoms. The van der Waals surface area contributed by atoms with Crippen molar-refractivity contribution in [2.75, 3.05) is 20.2 Å². The predicted molar refractivity (Wildman–Crippen MR) is 107 cm³/mol. The quantitative estimate of drug-likeness (QED) is 0.625. The zero-order valence-electron chi connectivity index (χ0n) is 15.7. The zero-order chi connectivity index (χ0) is 18.6. The fraction of sp³-hybridized carbons (Fsp3) is 0.409. The van der Waals surface area contributed by atoms with E-state index in [2.05, 4.69) is 28.5 Å². The molecule has 5 heteroatoms. The van der Waals surface area contributed by atoms with Crippen LogP contribution in [0.15, 0.2) is 45.6 Å². The van der Waals surface area contributed by atoms with Crippen molar-refractivity contribution in [1.82, 2.24) is 10.3 Å². The molecule has 2 N–H and O–H groups in total. The summed E-state index contributed by atoms with van der Waals surface area (Å²) >= 11 is 0. The minimum absolute atomic E-state index is 0.398. The molecule has 5 nitrogen and oxygen atoms in total. The lowest BCUT2D eigenvalue weighted by molar-refractivity contribution is 0.401. The summed E-state index contributed by atoms with van der Waals surface area (Å²) in [6, 6.07) is 12.3. The van der Waals surface area contributed by atoms with Gasteiger partial charge in [0.2, 0.25) is 0 Å². The highest BCUT2D eigenvalue weighted by atomic mass is 16.5. The Morgan fingerprint density at radius 3 is 3.07 bits per heavy atom. The van der Waals surface area contributed by atoms with E-state index in [-0.39, 0.29) is 0 Å². The van der Waals surface area contributed by atoms with Gasteiger partial charge in [0.15, 0.2) is 5.58 Å². The SMILES string of the molecule is COc1cccc2c1CCCC2CCNCCc1ccc2oc(=O)[nH]c2c1. The van der Waals surface area contributed by atoms with Gasteiger partial charge in [-0.3, -0.25) is 4.98 Å². The number of fused-ring (bicyclic) bond motifs is 2. The lowest BCUT2D eigenvalue weighted by atomic mass is 9.80. The summed E-state index contributed by atoms with van der Waals surface area (Å²) in [6.07, 6.45) is 5.70. The van der Waals surface area contributed by atoms with Gasteiger partial charge in [-0.25, -0.2) is 4.79 Å². The van der Waals surface area contributed by atoms with E-state index in [9.17, 15) is 4.79 Å². The van der Waals surface area contributed by atoms with Crippen LogP contribution in [0.1, 0.15) is 41.9 Å². The number of aromatic amines is 1. The summed E-state index contributed by atoms with van der Waals surface area (Å²) in [5, 5.41) is 3.57. The van der Waals surface area contributed by atoms with Gasteiger partial charge in [0.05, 0.1) is 12.6 Å². The van der Waals surface area contributed by atoms with Crippen LogP contribution in [-0.4, -0.2) is 25.2 Å². The van der Waals surface area contributed by atoms with E-state index in [4.69, 9.17) is 9.15 Å². The van der Waals surface area contributed by atoms with E-state index in [1.165, 1.54) is 29.5 Å². The van der Waals surface area contributed by atoms with E-state index in [1.807, 2.05) is 18.2 Å². The van der Waals surface area contributed by atoms with Crippen LogP contribution in [-0.2, 0) is 12.8 Å². The van der Waals surface area contributed by atoms with E-state index < -0.39 is 5.76 Å². The summed E-state index contributed by atoms with van der Waals surface area (Å²) in [5.74, 6) is 1.26. The van der Waals surface area contributed by atoms with Gasteiger partial charge < -0.3 is 14.5 Å². The number of H-pyrrole nitrogens is 1. The van der Waals surface area contributed by atoms with Crippen molar-refractivity contribution in [3.63, 3.8) is 0 Å². The number of oxazole rings is 1. The second kappa shape index (κ2) is 8.01. The highest BCUT2D eigenvalue weighted by Gasteiger charge is 2.22. The van der Waals surface area contributed by atoms with Gasteiger partial charge in [0.25, 0.3) is 0 Å². The molecule has 1 aromatic heterocycles. The van der Waals surface area contributed by atoms with Crippen molar-refractivity contribution < 1.29 is 9.15 Å². The van der Waals surface area contributed by atoms with Gasteiger partial charge in [0.1, 0.15) is 5.75 Å². The Morgan fingerprint density at radius 1 is 1.26 bits per heavy atom. The standard InChI is InChI=1S/C22H26N2O3/c1-26-20-7-3-5-17-16(4-2-6-18(17)20)11-13-23-12-10-15-8-9-21-19(14-15)24-22(25)27-21/h3,5,7-9,14,16,23H,2,4,6,10-13H2,1H3,(H,24,25). The summed E-state index contributed by atoms with van der Waals surface area (Å²) in [4.78, 5) is 13.9. The third-order valence-corrected chi connectivity index (χ3v) is 5.55. The van der Waals surface area contributed by atoms with Crippen molar-refractivity contribution in [3.8, 4) is 5.75 Å². The molecule has 2 aromatic carbocycles. The Labute approximate surface area is 158 Å². The summed E-state index contributed by atoms with van der Waals surface area (Å²) < 4.78 is 10.6. The molecule has 0 fully saturated rings. The molecule has 1 aliphatic rings. The largest absolute Gasteiger partial charge is 0.496 e. The van der Waals surface area contributed by atoms with Crippen LogP contribution >= 0.6 is 0 Å². The molecule has 4 rings (SSSR count). The molecule has 1 aliphatic carbocycles. The fourth-order valence-corrected chi connectivity index (χ4v) is 4.19. The molecule has 27 heavy (non-hydrogen) atoms. The van der Waals surface area contributed by atoms with Crippen LogP contribution < -0.4 is 15.8 Å². The molecule has 142 valence electrons. The maximum atomic E-state index is 11.2. The van der Waals surface area contributed by atoms with E-state index >= 15 is 0 Å². The van der Waals surface area contributed by atoms with E-state index in [0.29, 0.717) is 11.5 Å². The summed E-state index contributed by atoms with van der Waals surface area (Å²) in [5.41, 5.74) is 5.45. The maximum absolute atomic E-state index is 11.2. The van der Waals surface area contributed by atoms with Crippen molar-refractivity contribution >= 4 is 11.1 Å². The molecule has 1 heterocycles. The first-order valence-corrected chi connectivity index (χ1v) is 9.73. The Kier molecular flexibility index (Phi) is 5.30. The predicted octanol–water partition coefficient (Wildman–Crippen LogP) is 3.77. The van der Waals surface area contributed by atoms with Crippen molar-refractivity contribution in [1.29, 1.82) is 0 Å². The fourth-order valence-electron chi connectivity index (χ4n) is 4.19. The average molecular weight is 366 g/mol. The molecule has 1 unspecified atom stereocenters. The zero-order valence-corrected chi connectivity index (χ0v) is 15.7. The number of aromatic nitrogens is 1. The summed E-state index contributed by atoms with van der Waals surface area (Å²) in [7, 11) is 1.76. The first kappa shape index (κ1) is 17.9. The Balaban J connectivity index is 1.29. The first-order valence-electron chi connectivity index (χ1n) is 9.73. The summed E-state index contributed by atoms with van der Waals surface area (Å²) in [6.45, 7) is 1.93. The van der Waals surface area contributed by atoms with E-state index in [1.54, 1.807) is 7.11 Å². The van der Waals surface area contributed by atoms with Crippen LogP contribution in [0.3, 0.4) is 0 Å². The van der Waals surface area contributed by atoms with Gasteiger partial charge in [-0.15, -0.1) is 0 Å². The van der Waals surface area contributed by atoms with Gasteiger partial charge in [-0.2, -0.15) is 0 Å². The smallest absolute Gasteiger partial charge is 0.417 e. The Hall–Kier alpha value is -2.53. The van der Waals surface area contributed by atoms with Gasteiger partial charge in [-0.1, -0.05) is 18.2 Å². The topological polar surface area (TPSA) is 67.3 Å². The van der Waals surface area contributed by atoms with E-state index in [0.717, 1.165) is 43.6 Å². The van der Waals surface area contributed by atoms with Crippen LogP contribution in [0.2, 0.25) is 0 Å². The number of nitrogens with one attached hydrogen (secondary N) is 2. The molecule has 0 saturated heterocycles. The highest BCUT2D eigenvalue weighted by molar-refractivity contribution is 5.72. The number of rotatable bonds is 7. The average Bonchev–Trinajstić information content (AvgIpc) is 3.06.